The van der Waals surface area contributed by atoms with E-state index in [9.17, 15) is 9.59 Å². The molecule has 1 N–H and O–H groups in total. The fraction of sp³-hybridized carbons (Fsp3) is 0.467. The molecule has 0 atom stereocenters. The van der Waals surface area contributed by atoms with Crippen molar-refractivity contribution < 1.29 is 19.1 Å². The molecule has 0 saturated heterocycles. The Kier molecular flexibility index (Phi) is 7.17. The minimum Gasteiger partial charge on any atom is -0.496 e. The summed E-state index contributed by atoms with van der Waals surface area (Å²) in [6, 6.07) is 7.61. The van der Waals surface area contributed by atoms with E-state index in [0.717, 1.165) is 11.3 Å². The topological polar surface area (TPSA) is 64.6 Å². The van der Waals surface area contributed by atoms with Crippen molar-refractivity contribution in [3.63, 3.8) is 0 Å². The second-order valence-corrected chi connectivity index (χ2v) is 4.22. The lowest BCUT2D eigenvalue weighted by Gasteiger charge is -2.08. The monoisotopic (exact) mass is 279 g/mol. The van der Waals surface area contributed by atoms with Gasteiger partial charge in [-0.3, -0.25) is 9.59 Å². The third-order valence-electron chi connectivity index (χ3n) is 2.77. The Morgan fingerprint density at radius 3 is 2.65 bits per heavy atom. The van der Waals surface area contributed by atoms with E-state index < -0.39 is 0 Å². The highest BCUT2D eigenvalue weighted by molar-refractivity contribution is 5.77. The van der Waals surface area contributed by atoms with Crippen LogP contribution in [0.3, 0.4) is 0 Å². The van der Waals surface area contributed by atoms with Gasteiger partial charge >= 0.3 is 5.97 Å². The van der Waals surface area contributed by atoms with Gasteiger partial charge in [-0.25, -0.2) is 0 Å². The van der Waals surface area contributed by atoms with Gasteiger partial charge in [0.25, 0.3) is 0 Å². The molecule has 0 fully saturated rings. The molecule has 1 aromatic rings. The van der Waals surface area contributed by atoms with Crippen molar-refractivity contribution in [1.82, 2.24) is 5.32 Å². The Bertz CT molecular complexity index is 445. The fourth-order valence-corrected chi connectivity index (χ4v) is 1.78. The van der Waals surface area contributed by atoms with Gasteiger partial charge in [-0.2, -0.15) is 0 Å². The number of aryl methyl sites for hydroxylation is 1. The Hall–Kier alpha value is -2.04. The van der Waals surface area contributed by atoms with Crippen LogP contribution in [0.4, 0.5) is 0 Å². The van der Waals surface area contributed by atoms with Crippen LogP contribution >= 0.6 is 0 Å². The number of ether oxygens (including phenoxy) is 2. The normalized spacial score (nSPS) is 9.90. The molecular weight excluding hydrogens is 258 g/mol. The zero-order valence-corrected chi connectivity index (χ0v) is 12.0. The number of amides is 1. The molecule has 5 heteroatoms. The van der Waals surface area contributed by atoms with Crippen LogP contribution in [-0.2, 0) is 20.7 Å². The van der Waals surface area contributed by atoms with E-state index in [1.165, 1.54) is 0 Å². The molecule has 5 nitrogen and oxygen atoms in total. The van der Waals surface area contributed by atoms with Gasteiger partial charge in [-0.15, -0.1) is 0 Å². The molecule has 0 aliphatic rings. The maximum Gasteiger partial charge on any atom is 0.307 e. The molecule has 1 rings (SSSR count). The van der Waals surface area contributed by atoms with Crippen LogP contribution in [0.2, 0.25) is 0 Å². The average molecular weight is 279 g/mol. The van der Waals surface area contributed by atoms with E-state index in [2.05, 4.69) is 5.32 Å². The summed E-state index contributed by atoms with van der Waals surface area (Å²) in [5.41, 5.74) is 0.996. The highest BCUT2D eigenvalue weighted by atomic mass is 16.5. The summed E-state index contributed by atoms with van der Waals surface area (Å²) in [6.07, 6.45) is 1.17. The quantitative estimate of drug-likeness (QED) is 0.736. The lowest BCUT2D eigenvalue weighted by atomic mass is 10.1. The molecule has 0 bridgehead atoms. The maximum absolute atomic E-state index is 11.7. The molecular formula is C15H21NO4. The predicted octanol–water partition coefficient (Wildman–Crippen LogP) is 1.70. The average Bonchev–Trinajstić information content (AvgIpc) is 2.45. The first-order valence-corrected chi connectivity index (χ1v) is 6.71. The first-order valence-electron chi connectivity index (χ1n) is 6.71. The molecule has 1 aromatic carbocycles. The first kappa shape index (κ1) is 16.0. The van der Waals surface area contributed by atoms with Crippen molar-refractivity contribution in [2.24, 2.45) is 0 Å². The van der Waals surface area contributed by atoms with Gasteiger partial charge in [-0.1, -0.05) is 18.2 Å². The highest BCUT2D eigenvalue weighted by Crippen LogP contribution is 2.18. The van der Waals surface area contributed by atoms with Crippen LogP contribution in [0.1, 0.15) is 25.3 Å². The number of methoxy groups -OCH3 is 1. The SMILES string of the molecule is CCOC(=O)CCNC(=O)CCc1ccccc1OC. The zero-order valence-electron chi connectivity index (χ0n) is 12.0. The molecule has 0 radical (unpaired) electrons. The van der Waals surface area contributed by atoms with Crippen molar-refractivity contribution in [3.05, 3.63) is 29.8 Å². The summed E-state index contributed by atoms with van der Waals surface area (Å²) in [5, 5.41) is 2.70. The summed E-state index contributed by atoms with van der Waals surface area (Å²) in [6.45, 7) is 2.42. The summed E-state index contributed by atoms with van der Waals surface area (Å²) in [5.74, 6) is 0.407. The molecule has 0 aliphatic carbocycles. The molecule has 20 heavy (non-hydrogen) atoms. The highest BCUT2D eigenvalue weighted by Gasteiger charge is 2.07. The van der Waals surface area contributed by atoms with E-state index >= 15 is 0 Å². The van der Waals surface area contributed by atoms with E-state index in [-0.39, 0.29) is 18.3 Å². The molecule has 0 spiro atoms. The van der Waals surface area contributed by atoms with E-state index in [1.54, 1.807) is 14.0 Å². The summed E-state index contributed by atoms with van der Waals surface area (Å²) in [7, 11) is 1.61. The minimum atomic E-state index is -0.294. The molecule has 0 aromatic heterocycles. The number of hydrogen-bond donors (Lipinski definition) is 1. The van der Waals surface area contributed by atoms with E-state index in [0.29, 0.717) is 26.0 Å². The maximum atomic E-state index is 11.7. The number of carbonyl (C=O) groups excluding carboxylic acids is 2. The third kappa shape index (κ3) is 5.73. The van der Waals surface area contributed by atoms with E-state index in [4.69, 9.17) is 9.47 Å². The molecule has 0 unspecified atom stereocenters. The number of rotatable bonds is 8. The zero-order chi connectivity index (χ0) is 14.8. The van der Waals surface area contributed by atoms with Crippen molar-refractivity contribution in [2.75, 3.05) is 20.3 Å². The van der Waals surface area contributed by atoms with Gasteiger partial charge in [0.1, 0.15) is 5.75 Å². The number of carbonyl (C=O) groups is 2. The van der Waals surface area contributed by atoms with Crippen molar-refractivity contribution >= 4 is 11.9 Å². The van der Waals surface area contributed by atoms with Crippen LogP contribution < -0.4 is 10.1 Å². The molecule has 1 amide bonds. The van der Waals surface area contributed by atoms with Gasteiger partial charge in [0.2, 0.25) is 5.91 Å². The smallest absolute Gasteiger partial charge is 0.307 e. The lowest BCUT2D eigenvalue weighted by molar-refractivity contribution is -0.143. The standard InChI is InChI=1S/C15H21NO4/c1-3-20-15(18)10-11-16-14(17)9-8-12-6-4-5-7-13(12)19-2/h4-7H,3,8-11H2,1-2H3,(H,16,17). The van der Waals surface area contributed by atoms with Gasteiger partial charge in [0, 0.05) is 13.0 Å². The summed E-state index contributed by atoms with van der Waals surface area (Å²) >= 11 is 0. The van der Waals surface area contributed by atoms with Crippen LogP contribution in [0, 0.1) is 0 Å². The minimum absolute atomic E-state index is 0.0831. The van der Waals surface area contributed by atoms with Crippen LogP contribution in [0.5, 0.6) is 5.75 Å². The third-order valence-corrected chi connectivity index (χ3v) is 2.77. The van der Waals surface area contributed by atoms with Crippen molar-refractivity contribution in [2.45, 2.75) is 26.2 Å². The van der Waals surface area contributed by atoms with Gasteiger partial charge in [0.15, 0.2) is 0 Å². The summed E-state index contributed by atoms with van der Waals surface area (Å²) in [4.78, 5) is 22.7. The Morgan fingerprint density at radius 1 is 1.20 bits per heavy atom. The van der Waals surface area contributed by atoms with Gasteiger partial charge in [-0.05, 0) is 25.0 Å². The number of para-hydroxylation sites is 1. The number of hydrogen-bond acceptors (Lipinski definition) is 4. The predicted molar refractivity (Wildman–Crippen MR) is 75.6 cm³/mol. The Balaban J connectivity index is 2.28. The molecule has 0 heterocycles. The molecule has 110 valence electrons. The largest absolute Gasteiger partial charge is 0.496 e. The lowest BCUT2D eigenvalue weighted by Crippen LogP contribution is -2.26. The van der Waals surface area contributed by atoms with Crippen LogP contribution in [0.25, 0.3) is 0 Å². The Labute approximate surface area is 119 Å². The first-order chi connectivity index (χ1) is 9.67. The van der Waals surface area contributed by atoms with Crippen LogP contribution in [-0.4, -0.2) is 32.1 Å². The van der Waals surface area contributed by atoms with Crippen molar-refractivity contribution in [1.29, 1.82) is 0 Å². The second-order valence-electron chi connectivity index (χ2n) is 4.22. The number of nitrogens with one attached hydrogen (secondary N) is 1. The second kappa shape index (κ2) is 8.96. The number of benzene rings is 1. The van der Waals surface area contributed by atoms with Gasteiger partial charge in [0.05, 0.1) is 20.1 Å². The fourth-order valence-electron chi connectivity index (χ4n) is 1.78. The van der Waals surface area contributed by atoms with E-state index in [1.807, 2.05) is 24.3 Å². The summed E-state index contributed by atoms with van der Waals surface area (Å²) < 4.78 is 10.0. The van der Waals surface area contributed by atoms with Crippen molar-refractivity contribution in [3.8, 4) is 5.75 Å². The molecule has 0 aliphatic heterocycles. The number of esters is 1. The van der Waals surface area contributed by atoms with Crippen LogP contribution in [0.15, 0.2) is 24.3 Å². The Morgan fingerprint density at radius 2 is 1.95 bits per heavy atom. The molecule has 0 saturated carbocycles. The van der Waals surface area contributed by atoms with Gasteiger partial charge < -0.3 is 14.8 Å².